The molecule has 1 unspecified atom stereocenters. The van der Waals surface area contributed by atoms with Gasteiger partial charge in [-0.15, -0.1) is 0 Å². The zero-order chi connectivity index (χ0) is 17.4. The number of hydrogen-bond acceptors (Lipinski definition) is 4. The van der Waals surface area contributed by atoms with Crippen LogP contribution in [0, 0.1) is 0 Å². The van der Waals surface area contributed by atoms with E-state index in [1.165, 1.54) is 19.3 Å². The van der Waals surface area contributed by atoms with Gasteiger partial charge in [-0.1, -0.05) is 43.2 Å². The molecule has 132 valence electrons. The molecule has 2 heterocycles. The van der Waals surface area contributed by atoms with E-state index >= 15 is 0 Å². The first-order valence-electron chi connectivity index (χ1n) is 8.87. The number of rotatable bonds is 3. The van der Waals surface area contributed by atoms with E-state index in [2.05, 4.69) is 5.10 Å². The number of aliphatic imine (C=N–C) groups is 1. The molecule has 0 radical (unpaired) electrons. The minimum absolute atomic E-state index is 0.00913. The number of hydrogen-bond donors (Lipinski definition) is 1. The van der Waals surface area contributed by atoms with Crippen LogP contribution in [0.4, 0.5) is 5.82 Å². The van der Waals surface area contributed by atoms with E-state index in [0.29, 0.717) is 6.04 Å². The second-order valence-corrected chi connectivity index (χ2v) is 8.04. The van der Waals surface area contributed by atoms with E-state index in [-0.39, 0.29) is 10.8 Å². The SMILES string of the molecule is COc1ccc(C2SC(C)=Nc3c2c(=O)[nH]n3C2CCCCC2)cc1. The summed E-state index contributed by atoms with van der Waals surface area (Å²) in [6.07, 6.45) is 5.97. The number of nitrogens with zero attached hydrogens (tertiary/aromatic N) is 2. The fourth-order valence-corrected chi connectivity index (χ4v) is 4.93. The highest BCUT2D eigenvalue weighted by atomic mass is 32.2. The van der Waals surface area contributed by atoms with Crippen LogP contribution >= 0.6 is 11.8 Å². The third kappa shape index (κ3) is 3.03. The van der Waals surface area contributed by atoms with Gasteiger partial charge in [0.05, 0.1) is 29.0 Å². The quantitative estimate of drug-likeness (QED) is 0.875. The van der Waals surface area contributed by atoms with Gasteiger partial charge in [0.2, 0.25) is 0 Å². The molecule has 1 aliphatic heterocycles. The summed E-state index contributed by atoms with van der Waals surface area (Å²) in [6, 6.07) is 8.33. The number of benzene rings is 1. The third-order valence-electron chi connectivity index (χ3n) is 5.11. The van der Waals surface area contributed by atoms with Crippen molar-refractivity contribution in [3.05, 3.63) is 45.7 Å². The molecule has 1 aromatic carbocycles. The van der Waals surface area contributed by atoms with Crippen molar-refractivity contribution in [2.24, 2.45) is 4.99 Å². The lowest BCUT2D eigenvalue weighted by molar-refractivity contribution is 0.331. The summed E-state index contributed by atoms with van der Waals surface area (Å²) in [5.41, 5.74) is 1.88. The zero-order valence-corrected chi connectivity index (χ0v) is 15.4. The lowest BCUT2D eigenvalue weighted by Crippen LogP contribution is -2.16. The van der Waals surface area contributed by atoms with Gasteiger partial charge in [0.15, 0.2) is 5.82 Å². The average molecular weight is 357 g/mol. The van der Waals surface area contributed by atoms with Crippen LogP contribution in [0.1, 0.15) is 61.4 Å². The molecule has 1 saturated carbocycles. The van der Waals surface area contributed by atoms with Crippen LogP contribution in [0.3, 0.4) is 0 Å². The van der Waals surface area contributed by atoms with E-state index in [4.69, 9.17) is 9.73 Å². The van der Waals surface area contributed by atoms with Gasteiger partial charge in [-0.2, -0.15) is 0 Å². The predicted molar refractivity (Wildman–Crippen MR) is 102 cm³/mol. The maximum absolute atomic E-state index is 12.8. The van der Waals surface area contributed by atoms with E-state index in [0.717, 1.165) is 40.6 Å². The van der Waals surface area contributed by atoms with Gasteiger partial charge in [0.1, 0.15) is 5.75 Å². The topological polar surface area (TPSA) is 59.4 Å². The molecule has 0 bridgehead atoms. The highest BCUT2D eigenvalue weighted by molar-refractivity contribution is 8.14. The fourth-order valence-electron chi connectivity index (χ4n) is 3.83. The van der Waals surface area contributed by atoms with Crippen LogP contribution in [-0.4, -0.2) is 21.9 Å². The lowest BCUT2D eigenvalue weighted by Gasteiger charge is -2.26. The Bertz CT molecular complexity index is 845. The maximum atomic E-state index is 12.8. The first kappa shape index (κ1) is 16.5. The van der Waals surface area contributed by atoms with Crippen molar-refractivity contribution in [3.63, 3.8) is 0 Å². The van der Waals surface area contributed by atoms with Crippen molar-refractivity contribution < 1.29 is 4.74 Å². The number of methoxy groups -OCH3 is 1. The predicted octanol–water partition coefficient (Wildman–Crippen LogP) is 4.58. The van der Waals surface area contributed by atoms with Crippen LogP contribution in [-0.2, 0) is 0 Å². The van der Waals surface area contributed by atoms with Crippen LogP contribution in [0.15, 0.2) is 34.1 Å². The summed E-state index contributed by atoms with van der Waals surface area (Å²) >= 11 is 1.65. The average Bonchev–Trinajstić information content (AvgIpc) is 2.98. The molecule has 1 N–H and O–H groups in total. The molecule has 6 heteroatoms. The minimum atomic E-state index is -0.0213. The van der Waals surface area contributed by atoms with E-state index < -0.39 is 0 Å². The first-order valence-corrected chi connectivity index (χ1v) is 9.75. The Morgan fingerprint density at radius 1 is 1.20 bits per heavy atom. The summed E-state index contributed by atoms with van der Waals surface area (Å²) in [5, 5.41) is 4.06. The van der Waals surface area contributed by atoms with Gasteiger partial charge in [0.25, 0.3) is 5.56 Å². The van der Waals surface area contributed by atoms with Gasteiger partial charge in [0, 0.05) is 0 Å². The molecule has 1 aromatic heterocycles. The summed E-state index contributed by atoms with van der Waals surface area (Å²) in [4.78, 5) is 17.5. The standard InChI is InChI=1S/C19H23N3O2S/c1-12-20-18-16(17(25-12)13-8-10-15(24-2)11-9-13)19(23)21-22(18)14-6-4-3-5-7-14/h8-11,14,17H,3-7H2,1-2H3,(H,21,23). The highest BCUT2D eigenvalue weighted by Crippen LogP contribution is 2.45. The molecular weight excluding hydrogens is 334 g/mol. The van der Waals surface area contributed by atoms with E-state index in [1.807, 2.05) is 35.9 Å². The van der Waals surface area contributed by atoms with Crippen molar-refractivity contribution in [3.8, 4) is 5.75 Å². The minimum Gasteiger partial charge on any atom is -0.497 e. The van der Waals surface area contributed by atoms with Crippen LogP contribution in [0.5, 0.6) is 5.75 Å². The number of fused-ring (bicyclic) bond motifs is 1. The molecule has 0 amide bonds. The number of H-pyrrole nitrogens is 1. The Morgan fingerprint density at radius 3 is 2.60 bits per heavy atom. The molecule has 1 fully saturated rings. The van der Waals surface area contributed by atoms with Crippen LogP contribution in [0.25, 0.3) is 0 Å². The molecule has 0 saturated heterocycles. The molecule has 5 nitrogen and oxygen atoms in total. The Morgan fingerprint density at radius 2 is 1.92 bits per heavy atom. The lowest BCUT2D eigenvalue weighted by atomic mass is 9.95. The number of thioether (sulfide) groups is 1. The van der Waals surface area contributed by atoms with Crippen molar-refractivity contribution in [2.45, 2.75) is 50.3 Å². The molecule has 2 aromatic rings. The second kappa shape index (κ2) is 6.75. The van der Waals surface area contributed by atoms with Crippen LogP contribution < -0.4 is 10.3 Å². The van der Waals surface area contributed by atoms with Crippen molar-refractivity contribution in [1.82, 2.24) is 9.78 Å². The van der Waals surface area contributed by atoms with Crippen LogP contribution in [0.2, 0.25) is 0 Å². The van der Waals surface area contributed by atoms with Gasteiger partial charge < -0.3 is 4.74 Å². The number of aromatic amines is 1. The van der Waals surface area contributed by atoms with Crippen molar-refractivity contribution in [2.75, 3.05) is 7.11 Å². The first-order chi connectivity index (χ1) is 12.2. The Hall–Kier alpha value is -1.95. The Labute approximate surface area is 151 Å². The molecule has 4 rings (SSSR count). The molecular formula is C19H23N3O2S. The van der Waals surface area contributed by atoms with Gasteiger partial charge in [-0.25, -0.2) is 4.99 Å². The molecule has 1 atom stereocenters. The summed E-state index contributed by atoms with van der Waals surface area (Å²) < 4.78 is 7.29. The van der Waals surface area contributed by atoms with E-state index in [1.54, 1.807) is 18.9 Å². The van der Waals surface area contributed by atoms with E-state index in [9.17, 15) is 4.79 Å². The van der Waals surface area contributed by atoms with Gasteiger partial charge >= 0.3 is 0 Å². The molecule has 2 aliphatic rings. The summed E-state index contributed by atoms with van der Waals surface area (Å²) in [5.74, 6) is 1.65. The maximum Gasteiger partial charge on any atom is 0.271 e. The number of nitrogens with one attached hydrogen (secondary N) is 1. The second-order valence-electron chi connectivity index (χ2n) is 6.74. The monoisotopic (exact) mass is 357 g/mol. The van der Waals surface area contributed by atoms with Crippen molar-refractivity contribution >= 4 is 22.6 Å². The Balaban J connectivity index is 1.77. The summed E-state index contributed by atoms with van der Waals surface area (Å²) in [6.45, 7) is 2.02. The van der Waals surface area contributed by atoms with Crippen molar-refractivity contribution in [1.29, 1.82) is 0 Å². The highest BCUT2D eigenvalue weighted by Gasteiger charge is 2.32. The van der Waals surface area contributed by atoms with Gasteiger partial charge in [-0.05, 0) is 37.5 Å². The van der Waals surface area contributed by atoms with Gasteiger partial charge in [-0.3, -0.25) is 14.6 Å². The zero-order valence-electron chi connectivity index (χ0n) is 14.6. The molecule has 1 aliphatic carbocycles. The fraction of sp³-hybridized carbons (Fsp3) is 0.474. The third-order valence-corrected chi connectivity index (χ3v) is 6.28. The smallest absolute Gasteiger partial charge is 0.271 e. The number of aromatic nitrogens is 2. The molecule has 0 spiro atoms. The summed E-state index contributed by atoms with van der Waals surface area (Å²) in [7, 11) is 1.66. The molecule has 25 heavy (non-hydrogen) atoms. The largest absolute Gasteiger partial charge is 0.497 e. The normalized spacial score (nSPS) is 20.9. The Kier molecular flexibility index (Phi) is 4.46. The number of ether oxygens (including phenoxy) is 1.